The number of hydrogen-bond acceptors (Lipinski definition) is 0. The van der Waals surface area contributed by atoms with Crippen molar-refractivity contribution < 1.29 is 13.2 Å². The molecule has 0 aromatic heterocycles. The highest BCUT2D eigenvalue weighted by atomic mass is 35.5. The molecule has 0 spiro atoms. The highest BCUT2D eigenvalue weighted by Crippen LogP contribution is 2.36. The van der Waals surface area contributed by atoms with Crippen molar-refractivity contribution in [3.8, 4) is 11.1 Å². The number of rotatable bonds is 7. The number of hydrogen-bond donors (Lipinski definition) is 0. The molecule has 0 N–H and O–H groups in total. The lowest BCUT2D eigenvalue weighted by Gasteiger charge is -2.26. The summed E-state index contributed by atoms with van der Waals surface area (Å²) in [6.45, 7) is 6.46. The summed E-state index contributed by atoms with van der Waals surface area (Å²) in [7, 11) is 0. The molecule has 0 atom stereocenters. The van der Waals surface area contributed by atoms with Gasteiger partial charge in [-0.3, -0.25) is 0 Å². The van der Waals surface area contributed by atoms with Gasteiger partial charge in [-0.2, -0.15) is 0 Å². The number of benzene rings is 2. The van der Waals surface area contributed by atoms with Crippen LogP contribution < -0.4 is 0 Å². The summed E-state index contributed by atoms with van der Waals surface area (Å²) in [5.41, 5.74) is 2.64. The fourth-order valence-corrected chi connectivity index (χ4v) is 3.47. The van der Waals surface area contributed by atoms with Crippen LogP contribution in [0.15, 0.2) is 36.4 Å². The minimum Gasteiger partial charge on any atom is -0.206 e. The lowest BCUT2D eigenvalue weighted by Crippen LogP contribution is -2.15. The molecule has 0 saturated carbocycles. The smallest absolute Gasteiger partial charge is 0.206 e. The van der Waals surface area contributed by atoms with Gasteiger partial charge in [0.25, 0.3) is 6.43 Å². The molecule has 2 aromatic rings. The van der Waals surface area contributed by atoms with Crippen molar-refractivity contribution in [3.63, 3.8) is 0 Å². The minimum atomic E-state index is -2.62. The van der Waals surface area contributed by atoms with E-state index in [2.05, 4.69) is 20.8 Å². The van der Waals surface area contributed by atoms with Crippen molar-refractivity contribution in [1.82, 2.24) is 0 Å². The molecule has 0 saturated heterocycles. The normalized spacial score (nSPS) is 12.0. The second-order valence-electron chi connectivity index (χ2n) is 7.26. The van der Waals surface area contributed by atoms with Gasteiger partial charge >= 0.3 is 0 Å². The van der Waals surface area contributed by atoms with Crippen molar-refractivity contribution in [1.29, 1.82) is 0 Å². The van der Waals surface area contributed by atoms with Crippen LogP contribution in [0, 0.1) is 11.2 Å². The standard InChI is InChI=1S/C21H24ClF3/c1-4-9-21(2,3)12-16-10-14(13-22)5-7-17(16)18-11-15(20(24)25)6-8-19(18)23/h5-8,10-11,20H,4,9,12-13H2,1-3H3. The molecule has 4 heteroatoms. The first-order chi connectivity index (χ1) is 11.8. The number of alkyl halides is 3. The van der Waals surface area contributed by atoms with E-state index in [0.29, 0.717) is 11.4 Å². The van der Waals surface area contributed by atoms with Gasteiger partial charge < -0.3 is 0 Å². The van der Waals surface area contributed by atoms with Gasteiger partial charge in [-0.15, -0.1) is 11.6 Å². The summed E-state index contributed by atoms with van der Waals surface area (Å²) in [5, 5.41) is 0. The molecule has 0 unspecified atom stereocenters. The van der Waals surface area contributed by atoms with Crippen LogP contribution in [0.3, 0.4) is 0 Å². The maximum Gasteiger partial charge on any atom is 0.263 e. The zero-order chi connectivity index (χ0) is 18.6. The maximum atomic E-state index is 14.4. The van der Waals surface area contributed by atoms with E-state index < -0.39 is 12.2 Å². The Hall–Kier alpha value is -1.48. The first-order valence-corrected chi connectivity index (χ1v) is 9.06. The Balaban J connectivity index is 2.56. The maximum absolute atomic E-state index is 14.4. The van der Waals surface area contributed by atoms with Crippen LogP contribution >= 0.6 is 11.6 Å². The van der Waals surface area contributed by atoms with Gasteiger partial charge in [-0.1, -0.05) is 51.5 Å². The molecule has 0 fully saturated rings. The fraction of sp³-hybridized carbons (Fsp3) is 0.429. The van der Waals surface area contributed by atoms with E-state index in [0.717, 1.165) is 42.5 Å². The zero-order valence-electron chi connectivity index (χ0n) is 14.9. The van der Waals surface area contributed by atoms with Gasteiger partial charge in [0, 0.05) is 17.0 Å². The number of halogens is 4. The molecule has 0 bridgehead atoms. The first-order valence-electron chi connectivity index (χ1n) is 8.53. The van der Waals surface area contributed by atoms with E-state index in [1.807, 2.05) is 12.1 Å². The summed E-state index contributed by atoms with van der Waals surface area (Å²) in [4.78, 5) is 0. The Kier molecular flexibility index (Phi) is 6.56. The van der Waals surface area contributed by atoms with Crippen LogP contribution in [-0.4, -0.2) is 0 Å². The summed E-state index contributed by atoms with van der Waals surface area (Å²) in [6.07, 6.45) is 0.185. The third-order valence-electron chi connectivity index (χ3n) is 4.45. The van der Waals surface area contributed by atoms with E-state index in [-0.39, 0.29) is 16.5 Å². The highest BCUT2D eigenvalue weighted by molar-refractivity contribution is 6.17. The van der Waals surface area contributed by atoms with Crippen LogP contribution in [0.4, 0.5) is 13.2 Å². The summed E-state index contributed by atoms with van der Waals surface area (Å²) < 4.78 is 40.5. The van der Waals surface area contributed by atoms with Crippen LogP contribution in [0.1, 0.15) is 56.7 Å². The van der Waals surface area contributed by atoms with Crippen LogP contribution in [0.2, 0.25) is 0 Å². The Labute approximate surface area is 153 Å². The molecule has 0 nitrogen and oxygen atoms in total. The Bertz CT molecular complexity index is 723. The molecule has 0 aliphatic heterocycles. The van der Waals surface area contributed by atoms with Crippen molar-refractivity contribution in [2.24, 2.45) is 5.41 Å². The third kappa shape index (κ3) is 5.01. The van der Waals surface area contributed by atoms with Gasteiger partial charge in [0.1, 0.15) is 5.82 Å². The molecule has 0 aliphatic carbocycles. The third-order valence-corrected chi connectivity index (χ3v) is 4.76. The van der Waals surface area contributed by atoms with Crippen molar-refractivity contribution in [2.45, 2.75) is 52.3 Å². The first kappa shape index (κ1) is 19.8. The van der Waals surface area contributed by atoms with Crippen LogP contribution in [0.25, 0.3) is 11.1 Å². The molecule has 0 heterocycles. The van der Waals surface area contributed by atoms with E-state index in [9.17, 15) is 13.2 Å². The molecular weight excluding hydrogens is 345 g/mol. The minimum absolute atomic E-state index is 0.0330. The van der Waals surface area contributed by atoms with Gasteiger partial charge in [0.15, 0.2) is 0 Å². The molecule has 0 radical (unpaired) electrons. The Morgan fingerprint density at radius 1 is 1.04 bits per heavy atom. The topological polar surface area (TPSA) is 0 Å². The molecule has 25 heavy (non-hydrogen) atoms. The van der Waals surface area contributed by atoms with Crippen molar-refractivity contribution in [2.75, 3.05) is 0 Å². The fourth-order valence-electron chi connectivity index (χ4n) is 3.30. The largest absolute Gasteiger partial charge is 0.263 e. The lowest BCUT2D eigenvalue weighted by molar-refractivity contribution is 0.151. The van der Waals surface area contributed by atoms with Gasteiger partial charge in [0.2, 0.25) is 0 Å². The predicted octanol–water partition coefficient (Wildman–Crippen LogP) is 7.54. The average Bonchev–Trinajstić information content (AvgIpc) is 2.54. The van der Waals surface area contributed by atoms with Gasteiger partial charge in [-0.05, 0) is 47.1 Å². The predicted molar refractivity (Wildman–Crippen MR) is 98.7 cm³/mol. The van der Waals surface area contributed by atoms with Crippen molar-refractivity contribution >= 4 is 11.6 Å². The summed E-state index contributed by atoms with van der Waals surface area (Å²) in [5.74, 6) is -0.126. The van der Waals surface area contributed by atoms with Crippen LogP contribution in [-0.2, 0) is 12.3 Å². The average molecular weight is 369 g/mol. The summed E-state index contributed by atoms with van der Waals surface area (Å²) in [6, 6.07) is 9.10. The van der Waals surface area contributed by atoms with Gasteiger partial charge in [0.05, 0.1) is 0 Å². The SMILES string of the molecule is CCCC(C)(C)Cc1cc(CCl)ccc1-c1cc(C(F)F)ccc1F. The lowest BCUT2D eigenvalue weighted by atomic mass is 9.79. The molecule has 2 rings (SSSR count). The Morgan fingerprint density at radius 2 is 1.76 bits per heavy atom. The van der Waals surface area contributed by atoms with E-state index in [1.54, 1.807) is 6.07 Å². The van der Waals surface area contributed by atoms with E-state index in [4.69, 9.17) is 11.6 Å². The van der Waals surface area contributed by atoms with Crippen molar-refractivity contribution in [3.05, 3.63) is 58.9 Å². The van der Waals surface area contributed by atoms with Crippen LogP contribution in [0.5, 0.6) is 0 Å². The second kappa shape index (κ2) is 8.27. The van der Waals surface area contributed by atoms with Gasteiger partial charge in [-0.25, -0.2) is 13.2 Å². The Morgan fingerprint density at radius 3 is 2.36 bits per heavy atom. The quantitative estimate of drug-likeness (QED) is 0.443. The van der Waals surface area contributed by atoms with E-state index >= 15 is 0 Å². The molecule has 0 aliphatic rings. The molecular formula is C21H24ClF3. The monoisotopic (exact) mass is 368 g/mol. The van der Waals surface area contributed by atoms with E-state index in [1.165, 1.54) is 6.07 Å². The highest BCUT2D eigenvalue weighted by Gasteiger charge is 2.21. The summed E-state index contributed by atoms with van der Waals surface area (Å²) >= 11 is 5.95. The zero-order valence-corrected chi connectivity index (χ0v) is 15.6. The second-order valence-corrected chi connectivity index (χ2v) is 7.52. The molecule has 0 amide bonds. The molecule has 136 valence electrons. The molecule has 2 aromatic carbocycles.